The molecule has 130 valence electrons. The lowest BCUT2D eigenvalue weighted by Gasteiger charge is -2.16. The van der Waals surface area contributed by atoms with Gasteiger partial charge in [0.1, 0.15) is 6.04 Å². The van der Waals surface area contributed by atoms with Crippen molar-refractivity contribution in [1.82, 2.24) is 4.72 Å². The molecule has 1 aliphatic rings. The maximum atomic E-state index is 12.0. The summed E-state index contributed by atoms with van der Waals surface area (Å²) in [5.74, 6) is -0.246. The number of carbonyl (C=O) groups is 1. The molecule has 0 bridgehead atoms. The monoisotopic (exact) mass is 345 g/mol. The first kappa shape index (κ1) is 20.3. The maximum Gasteiger partial charge on any atom is 0.324 e. The molecule has 0 saturated heterocycles. The Hall–Kier alpha value is -1.78. The van der Waals surface area contributed by atoms with E-state index in [0.29, 0.717) is 6.42 Å². The smallest absolute Gasteiger partial charge is 0.324 e. The summed E-state index contributed by atoms with van der Waals surface area (Å²) in [4.78, 5) is 13.1. The molecule has 0 aromatic heterocycles. The second kappa shape index (κ2) is 11.7. The SMILES string of the molecule is CC.COC(=O)[C@H](Cc1ccccc1)NSC1=CCC=C(C)C=C1. The topological polar surface area (TPSA) is 38.3 Å². The Labute approximate surface area is 150 Å². The van der Waals surface area contributed by atoms with E-state index in [1.165, 1.54) is 24.6 Å². The number of hydrogen-bond donors (Lipinski definition) is 1. The van der Waals surface area contributed by atoms with Gasteiger partial charge in [0, 0.05) is 4.91 Å². The predicted molar refractivity (Wildman–Crippen MR) is 104 cm³/mol. The molecule has 1 atom stereocenters. The highest BCUT2D eigenvalue weighted by atomic mass is 32.2. The molecule has 0 spiro atoms. The summed E-state index contributed by atoms with van der Waals surface area (Å²) < 4.78 is 8.13. The van der Waals surface area contributed by atoms with Gasteiger partial charge < -0.3 is 4.74 Å². The van der Waals surface area contributed by atoms with Gasteiger partial charge in [0.05, 0.1) is 7.11 Å². The summed E-state index contributed by atoms with van der Waals surface area (Å²) in [6, 6.07) is 9.57. The van der Waals surface area contributed by atoms with Crippen LogP contribution in [0.4, 0.5) is 0 Å². The zero-order valence-corrected chi connectivity index (χ0v) is 15.7. The number of rotatable bonds is 6. The molecule has 0 saturated carbocycles. The van der Waals surface area contributed by atoms with Gasteiger partial charge in [-0.05, 0) is 43.4 Å². The lowest BCUT2D eigenvalue weighted by atomic mass is 10.1. The predicted octanol–water partition coefficient (Wildman–Crippen LogP) is 4.82. The van der Waals surface area contributed by atoms with E-state index in [2.05, 4.69) is 35.9 Å². The Morgan fingerprint density at radius 2 is 1.92 bits per heavy atom. The van der Waals surface area contributed by atoms with E-state index in [0.717, 1.165) is 16.9 Å². The van der Waals surface area contributed by atoms with Crippen molar-refractivity contribution in [1.29, 1.82) is 0 Å². The van der Waals surface area contributed by atoms with Gasteiger partial charge in [-0.25, -0.2) is 4.72 Å². The van der Waals surface area contributed by atoms with Crippen molar-refractivity contribution >= 4 is 17.9 Å². The summed E-state index contributed by atoms with van der Waals surface area (Å²) in [5, 5.41) is 0. The molecule has 1 aromatic rings. The Kier molecular flexibility index (Phi) is 9.89. The largest absolute Gasteiger partial charge is 0.468 e. The minimum atomic E-state index is -0.371. The Bertz CT molecular complexity index is 591. The molecule has 2 rings (SSSR count). The number of benzene rings is 1. The zero-order chi connectivity index (χ0) is 17.8. The van der Waals surface area contributed by atoms with Crippen LogP contribution in [0, 0.1) is 0 Å². The van der Waals surface area contributed by atoms with Crippen LogP contribution in [0.15, 0.2) is 65.1 Å². The van der Waals surface area contributed by atoms with Crippen LogP contribution >= 0.6 is 11.9 Å². The minimum absolute atomic E-state index is 0.246. The van der Waals surface area contributed by atoms with Crippen molar-refractivity contribution < 1.29 is 9.53 Å². The standard InChI is InChI=1S/C18H21NO2S.C2H6/c1-14-7-6-10-16(12-11-14)22-19-17(18(20)21-2)13-15-8-4-3-5-9-15;1-2/h3-5,7-12,17,19H,6,13H2,1-2H3;1-2H3/t17-;/m0./s1. The summed E-state index contributed by atoms with van der Waals surface area (Å²) in [6.07, 6.45) is 9.97. The van der Waals surface area contributed by atoms with E-state index in [1.54, 1.807) is 0 Å². The molecule has 0 heterocycles. The summed E-state index contributed by atoms with van der Waals surface area (Å²) in [7, 11) is 1.42. The third kappa shape index (κ3) is 7.20. The second-order valence-electron chi connectivity index (χ2n) is 5.11. The number of ether oxygens (including phenoxy) is 1. The number of hydrogen-bond acceptors (Lipinski definition) is 4. The highest BCUT2D eigenvalue weighted by Crippen LogP contribution is 2.20. The first-order chi connectivity index (χ1) is 11.7. The molecule has 3 nitrogen and oxygen atoms in total. The second-order valence-corrected chi connectivity index (χ2v) is 6.02. The van der Waals surface area contributed by atoms with Crippen molar-refractivity contribution in [3.05, 3.63) is 70.7 Å². The Morgan fingerprint density at radius 3 is 2.58 bits per heavy atom. The van der Waals surface area contributed by atoms with E-state index in [4.69, 9.17) is 4.74 Å². The van der Waals surface area contributed by atoms with E-state index < -0.39 is 0 Å². The number of nitrogens with one attached hydrogen (secondary N) is 1. The van der Waals surface area contributed by atoms with E-state index in [1.807, 2.05) is 44.2 Å². The highest BCUT2D eigenvalue weighted by molar-refractivity contribution is 8.01. The first-order valence-corrected chi connectivity index (χ1v) is 9.10. The Morgan fingerprint density at radius 1 is 1.21 bits per heavy atom. The van der Waals surface area contributed by atoms with Crippen LogP contribution in [0.1, 0.15) is 32.8 Å². The molecule has 0 amide bonds. The average Bonchev–Trinajstić information content (AvgIpc) is 2.84. The van der Waals surface area contributed by atoms with Gasteiger partial charge in [-0.1, -0.05) is 68.0 Å². The maximum absolute atomic E-state index is 12.0. The minimum Gasteiger partial charge on any atom is -0.468 e. The lowest BCUT2D eigenvalue weighted by molar-refractivity contribution is -0.142. The lowest BCUT2D eigenvalue weighted by Crippen LogP contribution is -2.35. The number of methoxy groups -OCH3 is 1. The first-order valence-electron chi connectivity index (χ1n) is 8.28. The summed E-state index contributed by atoms with van der Waals surface area (Å²) >= 11 is 1.47. The third-order valence-corrected chi connectivity index (χ3v) is 4.30. The quantitative estimate of drug-likeness (QED) is 0.592. The molecule has 0 unspecified atom stereocenters. The van der Waals surface area contributed by atoms with Crippen LogP contribution in [0.25, 0.3) is 0 Å². The van der Waals surface area contributed by atoms with Gasteiger partial charge in [-0.15, -0.1) is 0 Å². The van der Waals surface area contributed by atoms with Crippen molar-refractivity contribution in [3.8, 4) is 0 Å². The summed E-state index contributed by atoms with van der Waals surface area (Å²) in [6.45, 7) is 6.08. The highest BCUT2D eigenvalue weighted by Gasteiger charge is 2.19. The molecular formula is C20H27NO2S. The number of carbonyl (C=O) groups excluding carboxylic acids is 1. The fourth-order valence-corrected chi connectivity index (χ4v) is 2.86. The fourth-order valence-electron chi connectivity index (χ4n) is 2.09. The van der Waals surface area contributed by atoms with Crippen LogP contribution < -0.4 is 4.72 Å². The van der Waals surface area contributed by atoms with E-state index in [9.17, 15) is 4.79 Å². The van der Waals surface area contributed by atoms with Crippen molar-refractivity contribution in [2.75, 3.05) is 7.11 Å². The van der Waals surface area contributed by atoms with E-state index in [-0.39, 0.29) is 12.0 Å². The molecule has 1 aliphatic carbocycles. The molecule has 0 fully saturated rings. The molecule has 0 aliphatic heterocycles. The fraction of sp³-hybridized carbons (Fsp3) is 0.350. The zero-order valence-electron chi connectivity index (χ0n) is 14.9. The molecular weight excluding hydrogens is 318 g/mol. The molecule has 1 aromatic carbocycles. The van der Waals surface area contributed by atoms with Crippen LogP contribution in [0.2, 0.25) is 0 Å². The van der Waals surface area contributed by atoms with Crippen molar-refractivity contribution in [3.63, 3.8) is 0 Å². The molecule has 4 heteroatoms. The molecule has 24 heavy (non-hydrogen) atoms. The Balaban J connectivity index is 0.00000139. The van der Waals surface area contributed by atoms with Crippen LogP contribution in [-0.4, -0.2) is 19.1 Å². The van der Waals surface area contributed by atoms with Gasteiger partial charge in [0.15, 0.2) is 0 Å². The third-order valence-electron chi connectivity index (χ3n) is 3.36. The van der Waals surface area contributed by atoms with Gasteiger partial charge in [0.25, 0.3) is 0 Å². The molecule has 0 radical (unpaired) electrons. The molecule has 1 N–H and O–H groups in total. The average molecular weight is 346 g/mol. The van der Waals surface area contributed by atoms with Gasteiger partial charge in [-0.3, -0.25) is 4.79 Å². The van der Waals surface area contributed by atoms with Gasteiger partial charge >= 0.3 is 5.97 Å². The van der Waals surface area contributed by atoms with Crippen molar-refractivity contribution in [2.24, 2.45) is 0 Å². The van der Waals surface area contributed by atoms with Crippen LogP contribution in [0.3, 0.4) is 0 Å². The van der Waals surface area contributed by atoms with Crippen LogP contribution in [-0.2, 0) is 16.0 Å². The normalized spacial score (nSPS) is 14.5. The van der Waals surface area contributed by atoms with E-state index >= 15 is 0 Å². The van der Waals surface area contributed by atoms with Crippen molar-refractivity contribution in [2.45, 2.75) is 39.7 Å². The van der Waals surface area contributed by atoms with Gasteiger partial charge in [0.2, 0.25) is 0 Å². The van der Waals surface area contributed by atoms with Crippen LogP contribution in [0.5, 0.6) is 0 Å². The number of esters is 1. The van der Waals surface area contributed by atoms with Gasteiger partial charge in [-0.2, -0.15) is 0 Å². The number of allylic oxidation sites excluding steroid dienone is 5. The summed E-state index contributed by atoms with van der Waals surface area (Å²) in [5.41, 5.74) is 2.36.